The molecule has 0 radical (unpaired) electrons. The number of nitrogens with one attached hydrogen (secondary N) is 2. The molecule has 26 heavy (non-hydrogen) atoms. The molecule has 0 aliphatic heterocycles. The summed E-state index contributed by atoms with van der Waals surface area (Å²) in [4.78, 5) is 32.3. The molecule has 0 spiro atoms. The highest BCUT2D eigenvalue weighted by Gasteiger charge is 2.09. The minimum Gasteiger partial charge on any atom is -0.347 e. The van der Waals surface area contributed by atoms with E-state index < -0.39 is 0 Å². The molecule has 3 rings (SSSR count). The summed E-state index contributed by atoms with van der Waals surface area (Å²) in [6, 6.07) is 12.9. The lowest BCUT2D eigenvalue weighted by Gasteiger charge is -2.06. The Bertz CT molecular complexity index is 866. The van der Waals surface area contributed by atoms with E-state index in [1.165, 1.54) is 11.3 Å². The molecule has 0 aliphatic carbocycles. The molecule has 0 saturated heterocycles. The molecule has 0 bridgehead atoms. The zero-order chi connectivity index (χ0) is 18.2. The number of benzene rings is 1. The van der Waals surface area contributed by atoms with Crippen LogP contribution in [0.3, 0.4) is 0 Å². The smallest absolute Gasteiger partial charge is 0.243 e. The van der Waals surface area contributed by atoms with Crippen molar-refractivity contribution in [2.75, 3.05) is 11.9 Å². The zero-order valence-electron chi connectivity index (χ0n) is 14.0. The summed E-state index contributed by atoms with van der Waals surface area (Å²) in [6.45, 7) is -0.0486. The maximum Gasteiger partial charge on any atom is 0.243 e. The topological polar surface area (TPSA) is 84.0 Å². The van der Waals surface area contributed by atoms with Gasteiger partial charge in [-0.15, -0.1) is 11.3 Å². The Labute approximate surface area is 155 Å². The Balaban J connectivity index is 1.42. The second kappa shape index (κ2) is 8.87. The third-order valence-electron chi connectivity index (χ3n) is 3.59. The lowest BCUT2D eigenvalue weighted by Crippen LogP contribution is -2.32. The predicted octanol–water partition coefficient (Wildman–Crippen LogP) is 2.89. The third-order valence-corrected chi connectivity index (χ3v) is 4.53. The molecular formula is C19H18N4O2S. The number of hydrogen-bond acceptors (Lipinski definition) is 5. The van der Waals surface area contributed by atoms with Crippen LogP contribution in [0.1, 0.15) is 12.1 Å². The standard InChI is InChI=1S/C19H18N4O2S/c24-17(21-12-18(25)22-15-4-2-1-3-5-15)7-6-16-13-26-19(23-16)14-8-10-20-11-9-14/h1-5,8-11,13H,6-7,12H2,(H,21,24)(H,22,25). The fourth-order valence-electron chi connectivity index (χ4n) is 2.28. The molecule has 2 amide bonds. The van der Waals surface area contributed by atoms with Crippen LogP contribution in [-0.4, -0.2) is 28.3 Å². The number of rotatable bonds is 7. The quantitative estimate of drug-likeness (QED) is 0.673. The molecule has 0 saturated carbocycles. The first-order chi connectivity index (χ1) is 12.7. The monoisotopic (exact) mass is 366 g/mol. The van der Waals surface area contributed by atoms with E-state index in [9.17, 15) is 9.59 Å². The molecule has 0 atom stereocenters. The van der Waals surface area contributed by atoms with Gasteiger partial charge < -0.3 is 10.6 Å². The Hall–Kier alpha value is -3.06. The Kier molecular flexibility index (Phi) is 6.05. The largest absolute Gasteiger partial charge is 0.347 e. The number of aryl methyl sites for hydroxylation is 1. The minimum absolute atomic E-state index is 0.0486. The van der Waals surface area contributed by atoms with E-state index >= 15 is 0 Å². The van der Waals surface area contributed by atoms with Crippen LogP contribution < -0.4 is 10.6 Å². The van der Waals surface area contributed by atoms with Gasteiger partial charge in [-0.3, -0.25) is 14.6 Å². The molecule has 1 aromatic carbocycles. The molecule has 132 valence electrons. The van der Waals surface area contributed by atoms with Crippen molar-refractivity contribution in [2.45, 2.75) is 12.8 Å². The van der Waals surface area contributed by atoms with Gasteiger partial charge in [-0.1, -0.05) is 18.2 Å². The second-order valence-electron chi connectivity index (χ2n) is 5.57. The van der Waals surface area contributed by atoms with Crippen LogP contribution in [0.5, 0.6) is 0 Å². The number of hydrogen-bond donors (Lipinski definition) is 2. The van der Waals surface area contributed by atoms with Crippen molar-refractivity contribution < 1.29 is 9.59 Å². The van der Waals surface area contributed by atoms with Crippen LogP contribution in [0.25, 0.3) is 10.6 Å². The Morgan fingerprint density at radius 2 is 1.77 bits per heavy atom. The van der Waals surface area contributed by atoms with Crippen molar-refractivity contribution in [3.8, 4) is 10.6 Å². The van der Waals surface area contributed by atoms with Crippen molar-refractivity contribution in [1.29, 1.82) is 0 Å². The average Bonchev–Trinajstić information content (AvgIpc) is 3.15. The SMILES string of the molecule is O=C(CCc1csc(-c2ccncc2)n1)NCC(=O)Nc1ccccc1. The van der Waals surface area contributed by atoms with Gasteiger partial charge >= 0.3 is 0 Å². The van der Waals surface area contributed by atoms with Crippen molar-refractivity contribution in [3.63, 3.8) is 0 Å². The van der Waals surface area contributed by atoms with Crippen molar-refractivity contribution in [1.82, 2.24) is 15.3 Å². The van der Waals surface area contributed by atoms with Gasteiger partial charge in [0.05, 0.1) is 12.2 Å². The summed E-state index contributed by atoms with van der Waals surface area (Å²) < 4.78 is 0. The highest BCUT2D eigenvalue weighted by molar-refractivity contribution is 7.13. The van der Waals surface area contributed by atoms with Crippen LogP contribution in [0.15, 0.2) is 60.2 Å². The van der Waals surface area contributed by atoms with Gasteiger partial charge in [0, 0.05) is 35.4 Å². The predicted molar refractivity (Wildman–Crippen MR) is 102 cm³/mol. The number of aromatic nitrogens is 2. The van der Waals surface area contributed by atoms with Crippen molar-refractivity contribution >= 4 is 28.8 Å². The zero-order valence-corrected chi connectivity index (χ0v) is 14.8. The first kappa shape index (κ1) is 17.8. The fourth-order valence-corrected chi connectivity index (χ4v) is 3.14. The van der Waals surface area contributed by atoms with Gasteiger partial charge in [0.1, 0.15) is 5.01 Å². The summed E-state index contributed by atoms with van der Waals surface area (Å²) in [5.74, 6) is -0.426. The number of pyridine rings is 1. The van der Waals surface area contributed by atoms with Crippen LogP contribution in [0, 0.1) is 0 Å². The molecule has 2 aromatic heterocycles. The van der Waals surface area contributed by atoms with E-state index in [2.05, 4.69) is 20.6 Å². The third kappa shape index (κ3) is 5.22. The van der Waals surface area contributed by atoms with Gasteiger partial charge in [0.15, 0.2) is 0 Å². The molecule has 6 nitrogen and oxygen atoms in total. The van der Waals surface area contributed by atoms with Gasteiger partial charge in [-0.05, 0) is 30.7 Å². The van der Waals surface area contributed by atoms with E-state index in [4.69, 9.17) is 0 Å². The van der Waals surface area contributed by atoms with Gasteiger partial charge in [0.25, 0.3) is 0 Å². The summed E-state index contributed by atoms with van der Waals surface area (Å²) >= 11 is 1.54. The molecule has 2 N–H and O–H groups in total. The number of carbonyl (C=O) groups excluding carboxylic acids is 2. The maximum atomic E-state index is 11.9. The molecular weight excluding hydrogens is 348 g/mol. The number of amides is 2. The minimum atomic E-state index is -0.252. The number of anilines is 1. The molecule has 0 fully saturated rings. The maximum absolute atomic E-state index is 11.9. The van der Waals surface area contributed by atoms with Crippen LogP contribution >= 0.6 is 11.3 Å². The van der Waals surface area contributed by atoms with Crippen molar-refractivity contribution in [3.05, 3.63) is 65.9 Å². The summed E-state index contributed by atoms with van der Waals surface area (Å²) in [5.41, 5.74) is 2.59. The highest BCUT2D eigenvalue weighted by Crippen LogP contribution is 2.23. The molecule has 7 heteroatoms. The van der Waals surface area contributed by atoms with Gasteiger partial charge in [-0.2, -0.15) is 0 Å². The summed E-state index contributed by atoms with van der Waals surface area (Å²) in [7, 11) is 0. The normalized spacial score (nSPS) is 10.3. The highest BCUT2D eigenvalue weighted by atomic mass is 32.1. The summed E-state index contributed by atoms with van der Waals surface area (Å²) in [6.07, 6.45) is 4.28. The Morgan fingerprint density at radius 1 is 1.00 bits per heavy atom. The molecule has 3 aromatic rings. The van der Waals surface area contributed by atoms with E-state index in [1.54, 1.807) is 24.5 Å². The lowest BCUT2D eigenvalue weighted by molar-refractivity contribution is -0.124. The van der Waals surface area contributed by atoms with Crippen LogP contribution in [0.4, 0.5) is 5.69 Å². The van der Waals surface area contributed by atoms with E-state index in [0.29, 0.717) is 12.1 Å². The number of nitrogens with zero attached hydrogens (tertiary/aromatic N) is 2. The number of carbonyl (C=O) groups is 2. The summed E-state index contributed by atoms with van der Waals surface area (Å²) in [5, 5.41) is 8.21. The fraction of sp³-hybridized carbons (Fsp3) is 0.158. The van der Waals surface area contributed by atoms with E-state index in [-0.39, 0.29) is 24.8 Å². The average molecular weight is 366 g/mol. The number of para-hydroxylation sites is 1. The van der Waals surface area contributed by atoms with E-state index in [1.807, 2.05) is 35.7 Å². The Morgan fingerprint density at radius 3 is 2.54 bits per heavy atom. The van der Waals surface area contributed by atoms with Crippen LogP contribution in [-0.2, 0) is 16.0 Å². The molecule has 0 unspecified atom stereocenters. The van der Waals surface area contributed by atoms with E-state index in [0.717, 1.165) is 16.3 Å². The van der Waals surface area contributed by atoms with Gasteiger partial charge in [-0.25, -0.2) is 4.98 Å². The number of thiazole rings is 1. The first-order valence-electron chi connectivity index (χ1n) is 8.17. The van der Waals surface area contributed by atoms with Crippen LogP contribution in [0.2, 0.25) is 0 Å². The molecule has 2 heterocycles. The van der Waals surface area contributed by atoms with Crippen molar-refractivity contribution in [2.24, 2.45) is 0 Å². The molecule has 0 aliphatic rings. The first-order valence-corrected chi connectivity index (χ1v) is 9.05. The lowest BCUT2D eigenvalue weighted by atomic mass is 10.2. The second-order valence-corrected chi connectivity index (χ2v) is 6.43. The van der Waals surface area contributed by atoms with Gasteiger partial charge in [0.2, 0.25) is 11.8 Å².